The lowest BCUT2D eigenvalue weighted by molar-refractivity contribution is 0.174. The fourth-order valence-corrected chi connectivity index (χ4v) is 3.20. The Bertz CT molecular complexity index is 600. The maximum atomic E-state index is 3.96. The molecule has 1 fully saturated rings. The highest BCUT2D eigenvalue weighted by Gasteiger charge is 2.21. The molecule has 2 heteroatoms. The Morgan fingerprint density at radius 1 is 1.00 bits per heavy atom. The van der Waals surface area contributed by atoms with Crippen molar-refractivity contribution in [3.8, 4) is 11.1 Å². The normalized spacial score (nSPS) is 17.1. The van der Waals surface area contributed by atoms with Gasteiger partial charge in [0.05, 0.1) is 0 Å². The molecule has 0 saturated carbocycles. The zero-order valence-corrected chi connectivity index (χ0v) is 13.0. The molecule has 2 nitrogen and oxygen atoms in total. The molecule has 0 unspecified atom stereocenters. The lowest BCUT2D eigenvalue weighted by Gasteiger charge is -2.35. The first kappa shape index (κ1) is 15.0. The Kier molecular flexibility index (Phi) is 5.04. The first-order valence-corrected chi connectivity index (χ1v) is 8.09. The zero-order valence-electron chi connectivity index (χ0n) is 13.0. The maximum Gasteiger partial charge on any atom is 0.0383 e. The van der Waals surface area contributed by atoms with E-state index in [9.17, 15) is 0 Å². The van der Waals surface area contributed by atoms with Gasteiger partial charge in [-0.05, 0) is 29.2 Å². The molecule has 2 aromatic rings. The highest BCUT2D eigenvalue weighted by Crippen LogP contribution is 2.29. The van der Waals surface area contributed by atoms with Crippen LogP contribution in [0, 0.1) is 0 Å². The Hall–Kier alpha value is -1.90. The third kappa shape index (κ3) is 3.46. The molecule has 2 aromatic carbocycles. The summed E-state index contributed by atoms with van der Waals surface area (Å²) in [5.41, 5.74) is 3.97. The van der Waals surface area contributed by atoms with Gasteiger partial charge in [-0.25, -0.2) is 0 Å². The molecule has 1 aliphatic heterocycles. The van der Waals surface area contributed by atoms with Crippen LogP contribution in [0.2, 0.25) is 0 Å². The standard InChI is InChI=1S/C20H24N2/c1-2-7-20(22-14-12-21-13-15-22)19-11-6-10-18(16-19)17-8-4-3-5-9-17/h2-6,8-11,16,20-21H,1,7,12-15H2/t20-/m1/s1. The number of hydrogen-bond acceptors (Lipinski definition) is 2. The number of nitrogens with zero attached hydrogens (tertiary/aromatic N) is 1. The Morgan fingerprint density at radius 2 is 1.73 bits per heavy atom. The summed E-state index contributed by atoms with van der Waals surface area (Å²) >= 11 is 0. The van der Waals surface area contributed by atoms with Gasteiger partial charge >= 0.3 is 0 Å². The summed E-state index contributed by atoms with van der Waals surface area (Å²) in [6.45, 7) is 8.32. The molecule has 1 heterocycles. The van der Waals surface area contributed by atoms with Crippen molar-refractivity contribution in [3.05, 3.63) is 72.8 Å². The van der Waals surface area contributed by atoms with Gasteiger partial charge in [0.2, 0.25) is 0 Å². The van der Waals surface area contributed by atoms with E-state index in [0.717, 1.165) is 32.6 Å². The average molecular weight is 292 g/mol. The number of rotatable bonds is 5. The summed E-state index contributed by atoms with van der Waals surface area (Å²) in [6, 6.07) is 20.0. The lowest BCUT2D eigenvalue weighted by Crippen LogP contribution is -2.45. The summed E-state index contributed by atoms with van der Waals surface area (Å²) in [6.07, 6.45) is 3.04. The van der Waals surface area contributed by atoms with Crippen LogP contribution in [-0.4, -0.2) is 31.1 Å². The van der Waals surface area contributed by atoms with E-state index in [2.05, 4.69) is 71.4 Å². The van der Waals surface area contributed by atoms with Crippen molar-refractivity contribution >= 4 is 0 Å². The van der Waals surface area contributed by atoms with Crippen LogP contribution < -0.4 is 5.32 Å². The fraction of sp³-hybridized carbons (Fsp3) is 0.300. The smallest absolute Gasteiger partial charge is 0.0383 e. The van der Waals surface area contributed by atoms with Crippen LogP contribution >= 0.6 is 0 Å². The van der Waals surface area contributed by atoms with Crippen molar-refractivity contribution in [2.24, 2.45) is 0 Å². The second kappa shape index (κ2) is 7.39. The van der Waals surface area contributed by atoms with Gasteiger partial charge in [-0.15, -0.1) is 6.58 Å². The van der Waals surface area contributed by atoms with Crippen molar-refractivity contribution in [1.82, 2.24) is 10.2 Å². The van der Waals surface area contributed by atoms with E-state index in [-0.39, 0.29) is 0 Å². The lowest BCUT2D eigenvalue weighted by atomic mass is 9.96. The van der Waals surface area contributed by atoms with Crippen LogP contribution in [0.15, 0.2) is 67.3 Å². The minimum absolute atomic E-state index is 0.434. The van der Waals surface area contributed by atoms with Crippen molar-refractivity contribution < 1.29 is 0 Å². The van der Waals surface area contributed by atoms with Crippen molar-refractivity contribution in [2.75, 3.05) is 26.2 Å². The van der Waals surface area contributed by atoms with Gasteiger partial charge in [0.1, 0.15) is 0 Å². The second-order valence-corrected chi connectivity index (χ2v) is 5.82. The Morgan fingerprint density at radius 3 is 2.45 bits per heavy atom. The quantitative estimate of drug-likeness (QED) is 0.841. The van der Waals surface area contributed by atoms with Crippen LogP contribution in [0.4, 0.5) is 0 Å². The number of nitrogens with one attached hydrogen (secondary N) is 1. The maximum absolute atomic E-state index is 3.96. The van der Waals surface area contributed by atoms with Crippen LogP contribution in [-0.2, 0) is 0 Å². The van der Waals surface area contributed by atoms with E-state index in [4.69, 9.17) is 0 Å². The van der Waals surface area contributed by atoms with Crippen LogP contribution in [0.1, 0.15) is 18.0 Å². The van der Waals surface area contributed by atoms with E-state index >= 15 is 0 Å². The Labute approximate surface area is 133 Å². The molecule has 3 rings (SSSR count). The molecule has 0 radical (unpaired) electrons. The van der Waals surface area contributed by atoms with Gasteiger partial charge < -0.3 is 5.32 Å². The van der Waals surface area contributed by atoms with E-state index in [1.54, 1.807) is 0 Å². The monoisotopic (exact) mass is 292 g/mol. The van der Waals surface area contributed by atoms with Crippen LogP contribution in [0.25, 0.3) is 11.1 Å². The highest BCUT2D eigenvalue weighted by molar-refractivity contribution is 5.64. The minimum Gasteiger partial charge on any atom is -0.314 e. The predicted molar refractivity (Wildman–Crippen MR) is 93.9 cm³/mol. The van der Waals surface area contributed by atoms with Gasteiger partial charge in [-0.2, -0.15) is 0 Å². The molecule has 1 saturated heterocycles. The van der Waals surface area contributed by atoms with Gasteiger partial charge in [0, 0.05) is 32.2 Å². The molecule has 0 aromatic heterocycles. The largest absolute Gasteiger partial charge is 0.314 e. The summed E-state index contributed by atoms with van der Waals surface area (Å²) in [5, 5.41) is 3.43. The molecular weight excluding hydrogens is 268 g/mol. The van der Waals surface area contributed by atoms with Gasteiger partial charge in [0.15, 0.2) is 0 Å². The molecule has 22 heavy (non-hydrogen) atoms. The minimum atomic E-state index is 0.434. The number of piperazine rings is 1. The third-order valence-electron chi connectivity index (χ3n) is 4.36. The van der Waals surface area contributed by atoms with Crippen molar-refractivity contribution in [3.63, 3.8) is 0 Å². The summed E-state index contributed by atoms with van der Waals surface area (Å²) in [5.74, 6) is 0. The predicted octanol–water partition coefficient (Wildman–Crippen LogP) is 3.88. The Balaban J connectivity index is 1.89. The summed E-state index contributed by atoms with van der Waals surface area (Å²) in [4.78, 5) is 2.57. The molecule has 1 aliphatic rings. The van der Waals surface area contributed by atoms with E-state index in [1.165, 1.54) is 16.7 Å². The molecule has 0 bridgehead atoms. The molecule has 0 spiro atoms. The van der Waals surface area contributed by atoms with Gasteiger partial charge in [-0.3, -0.25) is 4.90 Å². The van der Waals surface area contributed by atoms with Crippen molar-refractivity contribution in [2.45, 2.75) is 12.5 Å². The van der Waals surface area contributed by atoms with Crippen LogP contribution in [0.3, 0.4) is 0 Å². The molecule has 1 N–H and O–H groups in total. The zero-order chi connectivity index (χ0) is 15.2. The highest BCUT2D eigenvalue weighted by atomic mass is 15.2. The SMILES string of the molecule is C=CC[C@H](c1cccc(-c2ccccc2)c1)N1CCNCC1. The van der Waals surface area contributed by atoms with E-state index in [0.29, 0.717) is 6.04 Å². The summed E-state index contributed by atoms with van der Waals surface area (Å²) in [7, 11) is 0. The third-order valence-corrected chi connectivity index (χ3v) is 4.36. The van der Waals surface area contributed by atoms with Gasteiger partial charge in [-0.1, -0.05) is 54.6 Å². The first-order chi connectivity index (χ1) is 10.9. The molecular formula is C20H24N2. The second-order valence-electron chi connectivity index (χ2n) is 5.82. The molecule has 0 aliphatic carbocycles. The van der Waals surface area contributed by atoms with Crippen molar-refractivity contribution in [1.29, 1.82) is 0 Å². The number of hydrogen-bond donors (Lipinski definition) is 1. The number of benzene rings is 2. The molecule has 0 amide bonds. The topological polar surface area (TPSA) is 15.3 Å². The molecule has 1 atom stereocenters. The molecule has 114 valence electrons. The van der Waals surface area contributed by atoms with E-state index in [1.807, 2.05) is 6.08 Å². The summed E-state index contributed by atoms with van der Waals surface area (Å²) < 4.78 is 0. The van der Waals surface area contributed by atoms with Gasteiger partial charge in [0.25, 0.3) is 0 Å². The van der Waals surface area contributed by atoms with E-state index < -0.39 is 0 Å². The van der Waals surface area contributed by atoms with Crippen LogP contribution in [0.5, 0.6) is 0 Å². The average Bonchev–Trinajstić information content (AvgIpc) is 2.61. The first-order valence-electron chi connectivity index (χ1n) is 8.09. The fourth-order valence-electron chi connectivity index (χ4n) is 3.20.